The zero-order valence-electron chi connectivity index (χ0n) is 17.3. The van der Waals surface area contributed by atoms with E-state index in [0.717, 1.165) is 12.1 Å². The van der Waals surface area contributed by atoms with Gasteiger partial charge in [0.1, 0.15) is 5.75 Å². The number of hydrogen-bond donors (Lipinski definition) is 0. The van der Waals surface area contributed by atoms with Crippen LogP contribution in [0.3, 0.4) is 0 Å². The molecule has 0 bridgehead atoms. The number of nitro benzene ring substituents is 2. The number of esters is 1. The molecule has 1 unspecified atom stereocenters. The van der Waals surface area contributed by atoms with E-state index in [2.05, 4.69) is 0 Å². The number of rotatable bonds is 7. The van der Waals surface area contributed by atoms with Crippen molar-refractivity contribution in [3.8, 4) is 16.9 Å². The molecular formula is C22H15Cl3N2O7. The molecule has 9 nitrogen and oxygen atoms in total. The lowest BCUT2D eigenvalue weighted by molar-refractivity contribution is -0.396. The molecule has 3 rings (SSSR count). The van der Waals surface area contributed by atoms with Gasteiger partial charge in [0, 0.05) is 12.1 Å². The van der Waals surface area contributed by atoms with Crippen LogP contribution in [0.5, 0.6) is 5.75 Å². The molecule has 1 atom stereocenters. The van der Waals surface area contributed by atoms with Crippen LogP contribution in [-0.4, -0.2) is 26.7 Å². The van der Waals surface area contributed by atoms with Gasteiger partial charge in [-0.05, 0) is 28.8 Å². The van der Waals surface area contributed by atoms with Gasteiger partial charge in [0.25, 0.3) is 15.2 Å². The molecule has 0 fully saturated rings. The maximum absolute atomic E-state index is 12.4. The van der Waals surface area contributed by atoms with E-state index in [1.807, 2.05) is 0 Å². The fourth-order valence-electron chi connectivity index (χ4n) is 3.24. The lowest BCUT2D eigenvalue weighted by atomic mass is 9.94. The second kappa shape index (κ2) is 10.3. The van der Waals surface area contributed by atoms with Gasteiger partial charge in [-0.3, -0.25) is 20.2 Å². The molecule has 0 aliphatic heterocycles. The van der Waals surface area contributed by atoms with Crippen molar-refractivity contribution in [3.63, 3.8) is 0 Å². The van der Waals surface area contributed by atoms with Crippen molar-refractivity contribution >= 4 is 52.1 Å². The largest absolute Gasteiger partial charge is 0.497 e. The van der Waals surface area contributed by atoms with Crippen LogP contribution in [0.1, 0.15) is 17.2 Å². The third-order valence-electron chi connectivity index (χ3n) is 4.77. The third kappa shape index (κ3) is 5.56. The summed E-state index contributed by atoms with van der Waals surface area (Å²) in [5.74, 6) is -0.818. The molecular weight excluding hydrogens is 511 g/mol. The lowest BCUT2D eigenvalue weighted by Gasteiger charge is -2.21. The van der Waals surface area contributed by atoms with Crippen LogP contribution < -0.4 is 4.74 Å². The normalized spacial score (nSPS) is 12.0. The highest BCUT2D eigenvalue weighted by atomic mass is 35.6. The average Bonchev–Trinajstić information content (AvgIpc) is 2.81. The van der Waals surface area contributed by atoms with Crippen molar-refractivity contribution in [1.29, 1.82) is 0 Å². The van der Waals surface area contributed by atoms with Gasteiger partial charge < -0.3 is 9.47 Å². The number of carbonyl (C=O) groups excluding carboxylic acids is 1. The molecule has 0 aliphatic rings. The second-order valence-electron chi connectivity index (χ2n) is 6.86. The van der Waals surface area contributed by atoms with Crippen molar-refractivity contribution < 1.29 is 24.1 Å². The average molecular weight is 526 g/mol. The molecule has 0 spiro atoms. The summed E-state index contributed by atoms with van der Waals surface area (Å²) in [4.78, 5) is 34.9. The second-order valence-corrected chi connectivity index (χ2v) is 9.15. The fraction of sp³-hybridized carbons (Fsp3) is 0.136. The summed E-state index contributed by atoms with van der Waals surface area (Å²) in [6, 6.07) is 16.4. The fourth-order valence-corrected chi connectivity index (χ4v) is 3.37. The molecule has 0 amide bonds. The van der Waals surface area contributed by atoms with Crippen LogP contribution in [0.4, 0.5) is 11.4 Å². The third-order valence-corrected chi connectivity index (χ3v) is 5.24. The quantitative estimate of drug-likeness (QED) is 0.156. The minimum atomic E-state index is -2.51. The Morgan fingerprint density at radius 2 is 1.41 bits per heavy atom. The first-order valence-electron chi connectivity index (χ1n) is 9.46. The number of hydrogen-bond acceptors (Lipinski definition) is 7. The smallest absolute Gasteiger partial charge is 0.359 e. The topological polar surface area (TPSA) is 122 Å². The molecule has 34 heavy (non-hydrogen) atoms. The Balaban J connectivity index is 2.28. The van der Waals surface area contributed by atoms with Crippen LogP contribution in [0.15, 0.2) is 66.7 Å². The minimum absolute atomic E-state index is 0.198. The summed E-state index contributed by atoms with van der Waals surface area (Å²) in [5.41, 5.74) is -0.899. The zero-order valence-corrected chi connectivity index (χ0v) is 19.6. The number of ether oxygens (including phenoxy) is 2. The van der Waals surface area contributed by atoms with Gasteiger partial charge in [-0.15, -0.1) is 0 Å². The summed E-state index contributed by atoms with van der Waals surface area (Å²) in [6.07, 6.45) is -1.60. The first-order chi connectivity index (χ1) is 16.0. The molecule has 0 aliphatic carbocycles. The van der Waals surface area contributed by atoms with E-state index in [-0.39, 0.29) is 11.1 Å². The van der Waals surface area contributed by atoms with Crippen LogP contribution in [0.25, 0.3) is 11.1 Å². The standard InChI is InChI=1S/C22H15Cl3N2O7/c1-33-16-9-7-13(8-10-16)15-11-17(26(29)30)19(18(12-15)27(31)32)20(14-5-3-2-4-6-14)34-21(28)22(23,24)25/h2-12,20H,1H3. The number of methoxy groups -OCH3 is 1. The Hall–Kier alpha value is -3.40. The van der Waals surface area contributed by atoms with E-state index >= 15 is 0 Å². The van der Waals surface area contributed by atoms with Gasteiger partial charge in [-0.25, -0.2) is 4.79 Å². The van der Waals surface area contributed by atoms with Crippen molar-refractivity contribution in [2.75, 3.05) is 7.11 Å². The SMILES string of the molecule is COc1ccc(-c2cc([N+](=O)[O-])c(C(OC(=O)C(Cl)(Cl)Cl)c3ccccc3)c([N+](=O)[O-])c2)cc1. The Labute approximate surface area is 208 Å². The highest BCUT2D eigenvalue weighted by Crippen LogP contribution is 2.43. The molecule has 12 heteroatoms. The molecule has 0 saturated carbocycles. The summed E-state index contributed by atoms with van der Waals surface area (Å²) in [6.45, 7) is 0. The predicted octanol–water partition coefficient (Wildman–Crippen LogP) is 6.18. The van der Waals surface area contributed by atoms with E-state index < -0.39 is 42.7 Å². The van der Waals surface area contributed by atoms with Crippen LogP contribution in [-0.2, 0) is 9.53 Å². The Morgan fingerprint density at radius 3 is 1.85 bits per heavy atom. The zero-order chi connectivity index (χ0) is 25.0. The number of nitrogens with zero attached hydrogens (tertiary/aromatic N) is 2. The van der Waals surface area contributed by atoms with Crippen LogP contribution in [0, 0.1) is 20.2 Å². The molecule has 0 heterocycles. The molecule has 3 aromatic rings. The monoisotopic (exact) mass is 524 g/mol. The van der Waals surface area contributed by atoms with E-state index in [4.69, 9.17) is 44.3 Å². The van der Waals surface area contributed by atoms with Gasteiger partial charge in [0.15, 0.2) is 11.7 Å². The van der Waals surface area contributed by atoms with E-state index in [1.54, 1.807) is 42.5 Å². The lowest BCUT2D eigenvalue weighted by Crippen LogP contribution is -2.25. The van der Waals surface area contributed by atoms with E-state index in [9.17, 15) is 25.0 Å². The summed E-state index contributed by atoms with van der Waals surface area (Å²) in [7, 11) is 1.47. The van der Waals surface area contributed by atoms with Crippen molar-refractivity contribution in [2.45, 2.75) is 9.90 Å². The summed E-state index contributed by atoms with van der Waals surface area (Å²) in [5, 5.41) is 24.1. The highest BCUT2D eigenvalue weighted by molar-refractivity contribution is 6.75. The maximum atomic E-state index is 12.4. The van der Waals surface area contributed by atoms with Crippen molar-refractivity contribution in [3.05, 3.63) is 98.1 Å². The molecule has 0 aromatic heterocycles. The minimum Gasteiger partial charge on any atom is -0.497 e. The highest BCUT2D eigenvalue weighted by Gasteiger charge is 2.40. The number of nitro groups is 2. The molecule has 176 valence electrons. The predicted molar refractivity (Wildman–Crippen MR) is 126 cm³/mol. The van der Waals surface area contributed by atoms with Crippen molar-refractivity contribution in [2.24, 2.45) is 0 Å². The summed E-state index contributed by atoms with van der Waals surface area (Å²) >= 11 is 16.8. The Morgan fingerprint density at radius 1 is 0.882 bits per heavy atom. The van der Waals surface area contributed by atoms with Crippen molar-refractivity contribution in [1.82, 2.24) is 0 Å². The Kier molecular flexibility index (Phi) is 7.61. The first-order valence-corrected chi connectivity index (χ1v) is 10.6. The van der Waals surface area contributed by atoms with Gasteiger partial charge in [0.05, 0.1) is 17.0 Å². The number of benzene rings is 3. The van der Waals surface area contributed by atoms with Gasteiger partial charge in [-0.1, -0.05) is 77.3 Å². The number of alkyl halides is 3. The van der Waals surface area contributed by atoms with Gasteiger partial charge in [-0.2, -0.15) is 0 Å². The van der Waals surface area contributed by atoms with Crippen LogP contribution in [0.2, 0.25) is 0 Å². The Bertz CT molecular complexity index is 1190. The molecule has 0 N–H and O–H groups in total. The summed E-state index contributed by atoms with van der Waals surface area (Å²) < 4.78 is 7.87. The first kappa shape index (κ1) is 25.2. The van der Waals surface area contributed by atoms with E-state index in [1.165, 1.54) is 19.2 Å². The molecule has 0 radical (unpaired) electrons. The van der Waals surface area contributed by atoms with Gasteiger partial charge in [0.2, 0.25) is 0 Å². The molecule has 3 aromatic carbocycles. The number of halogens is 3. The molecule has 0 saturated heterocycles. The number of carbonyl (C=O) groups is 1. The van der Waals surface area contributed by atoms with Crippen LogP contribution >= 0.6 is 34.8 Å². The maximum Gasteiger partial charge on any atom is 0.359 e. The van der Waals surface area contributed by atoms with Gasteiger partial charge >= 0.3 is 5.97 Å². The van der Waals surface area contributed by atoms with E-state index in [0.29, 0.717) is 11.3 Å².